The van der Waals surface area contributed by atoms with Crippen LogP contribution in [0, 0.1) is 0 Å². The van der Waals surface area contributed by atoms with Crippen molar-refractivity contribution in [3.05, 3.63) is 41.5 Å². The van der Waals surface area contributed by atoms with Crippen molar-refractivity contribution in [3.8, 4) is 0 Å². The molecule has 2 N–H and O–H groups in total. The van der Waals surface area contributed by atoms with Gasteiger partial charge in [-0.3, -0.25) is 14.4 Å². The molecular formula is C13H13F3N2O3. The van der Waals surface area contributed by atoms with E-state index >= 15 is 0 Å². The smallest absolute Gasteiger partial charge is 0.398 e. The second-order valence-electron chi connectivity index (χ2n) is 4.02. The molecule has 1 aromatic carbocycles. The molecule has 0 radical (unpaired) electrons. The molecule has 1 aromatic rings. The first-order chi connectivity index (χ1) is 9.66. The van der Waals surface area contributed by atoms with Gasteiger partial charge in [0.15, 0.2) is 0 Å². The Hall–Kier alpha value is -2.35. The average molecular weight is 302 g/mol. The lowest BCUT2D eigenvalue weighted by atomic mass is 10.1. The monoisotopic (exact) mass is 302 g/mol. The zero-order chi connectivity index (χ0) is 16.2. The first-order valence-corrected chi connectivity index (χ1v) is 5.67. The van der Waals surface area contributed by atoms with Gasteiger partial charge in [0.2, 0.25) is 0 Å². The zero-order valence-electron chi connectivity index (χ0n) is 11.3. The number of amides is 1. The average Bonchev–Trinajstić information content (AvgIpc) is 2.44. The fraction of sp³-hybridized carbons (Fsp3) is 0.231. The number of hydrogen-bond acceptors (Lipinski definition) is 4. The highest BCUT2D eigenvalue weighted by molar-refractivity contribution is 6.00. The Morgan fingerprint density at radius 1 is 1.19 bits per heavy atom. The molecule has 0 bridgehead atoms. The van der Waals surface area contributed by atoms with Gasteiger partial charge in [0, 0.05) is 24.4 Å². The van der Waals surface area contributed by atoms with Crippen LogP contribution in [-0.2, 0) is 9.63 Å². The van der Waals surface area contributed by atoms with E-state index in [9.17, 15) is 22.8 Å². The molecule has 0 saturated carbocycles. The number of ketones is 1. The number of nitrogens with zero attached hydrogens (tertiary/aromatic N) is 1. The van der Waals surface area contributed by atoms with Crippen molar-refractivity contribution in [2.24, 2.45) is 5.73 Å². The van der Waals surface area contributed by atoms with Gasteiger partial charge in [-0.05, 0) is 17.7 Å². The quantitative estimate of drug-likeness (QED) is 0.679. The molecule has 0 fully saturated rings. The molecule has 0 unspecified atom stereocenters. The van der Waals surface area contributed by atoms with E-state index in [-0.39, 0.29) is 16.8 Å². The van der Waals surface area contributed by atoms with Crippen LogP contribution in [0.4, 0.5) is 13.2 Å². The first-order valence-electron chi connectivity index (χ1n) is 5.67. The summed E-state index contributed by atoms with van der Waals surface area (Å²) in [6.07, 6.45) is -4.67. The number of nitrogens with two attached hydrogens (primary N) is 1. The van der Waals surface area contributed by atoms with Crippen molar-refractivity contribution < 1.29 is 27.6 Å². The highest BCUT2D eigenvalue weighted by Crippen LogP contribution is 2.19. The van der Waals surface area contributed by atoms with Crippen molar-refractivity contribution in [1.82, 2.24) is 5.06 Å². The molecule has 8 heteroatoms. The van der Waals surface area contributed by atoms with Crippen LogP contribution in [0.3, 0.4) is 0 Å². The second kappa shape index (κ2) is 6.40. The third kappa shape index (κ3) is 4.32. The lowest BCUT2D eigenvalue weighted by Crippen LogP contribution is -2.25. The van der Waals surface area contributed by atoms with Crippen molar-refractivity contribution in [1.29, 1.82) is 0 Å². The molecule has 0 aliphatic heterocycles. The molecule has 21 heavy (non-hydrogen) atoms. The summed E-state index contributed by atoms with van der Waals surface area (Å²) in [5.74, 6) is -2.47. The van der Waals surface area contributed by atoms with Crippen LogP contribution >= 0.6 is 0 Å². The third-order valence-electron chi connectivity index (χ3n) is 2.59. The van der Waals surface area contributed by atoms with Crippen LogP contribution in [0.1, 0.15) is 15.9 Å². The molecule has 0 heterocycles. The minimum atomic E-state index is -4.97. The molecule has 0 aliphatic rings. The number of benzene rings is 1. The number of halogens is 3. The maximum atomic E-state index is 12.1. The Balaban J connectivity index is 2.95. The van der Waals surface area contributed by atoms with Crippen molar-refractivity contribution in [2.75, 3.05) is 14.2 Å². The SMILES string of the molecule is CON(C)C(=O)c1ccc(C(N)=CC(=O)C(F)(F)F)cc1. The number of allylic oxidation sites excluding steroid dienone is 1. The van der Waals surface area contributed by atoms with E-state index in [1.807, 2.05) is 0 Å². The summed E-state index contributed by atoms with van der Waals surface area (Å²) in [7, 11) is 2.72. The van der Waals surface area contributed by atoms with E-state index in [1.165, 1.54) is 38.4 Å². The van der Waals surface area contributed by atoms with E-state index in [2.05, 4.69) is 0 Å². The van der Waals surface area contributed by atoms with Gasteiger partial charge in [0.1, 0.15) is 0 Å². The summed E-state index contributed by atoms with van der Waals surface area (Å²) in [6, 6.07) is 5.41. The van der Waals surface area contributed by atoms with E-state index in [4.69, 9.17) is 10.6 Å². The topological polar surface area (TPSA) is 72.6 Å². The molecule has 0 spiro atoms. The number of carbonyl (C=O) groups is 2. The van der Waals surface area contributed by atoms with Gasteiger partial charge in [-0.15, -0.1) is 0 Å². The second-order valence-corrected chi connectivity index (χ2v) is 4.02. The fourth-order valence-electron chi connectivity index (χ4n) is 1.38. The largest absolute Gasteiger partial charge is 0.454 e. The molecule has 1 amide bonds. The zero-order valence-corrected chi connectivity index (χ0v) is 11.3. The van der Waals surface area contributed by atoms with Crippen LogP contribution in [0.5, 0.6) is 0 Å². The van der Waals surface area contributed by atoms with Crippen LogP contribution in [-0.4, -0.2) is 37.1 Å². The summed E-state index contributed by atoms with van der Waals surface area (Å²) >= 11 is 0. The predicted octanol–water partition coefficient (Wildman–Crippen LogP) is 1.75. The fourth-order valence-corrected chi connectivity index (χ4v) is 1.38. The summed E-state index contributed by atoms with van der Waals surface area (Å²) in [5.41, 5.74) is 5.55. The van der Waals surface area contributed by atoms with Crippen molar-refractivity contribution >= 4 is 17.4 Å². The first kappa shape index (κ1) is 16.7. The number of alkyl halides is 3. The van der Waals surface area contributed by atoms with E-state index < -0.39 is 17.9 Å². The van der Waals surface area contributed by atoms with Gasteiger partial charge < -0.3 is 5.73 Å². The van der Waals surface area contributed by atoms with E-state index in [1.54, 1.807) is 0 Å². The van der Waals surface area contributed by atoms with Crippen LogP contribution in [0.25, 0.3) is 5.70 Å². The Labute approximate surface area is 118 Å². The summed E-state index contributed by atoms with van der Waals surface area (Å²) in [4.78, 5) is 27.2. The maximum Gasteiger partial charge on any atom is 0.454 e. The standard InChI is InChI=1S/C13H13F3N2O3/c1-18(21-2)12(20)9-5-3-8(4-6-9)10(17)7-11(19)13(14,15)16/h3-7H,17H2,1-2H3. The summed E-state index contributed by atoms with van der Waals surface area (Å²) < 4.78 is 36.3. The number of rotatable bonds is 4. The molecule has 0 saturated heterocycles. The van der Waals surface area contributed by atoms with Crippen molar-refractivity contribution in [3.63, 3.8) is 0 Å². The van der Waals surface area contributed by atoms with E-state index in [0.29, 0.717) is 6.08 Å². The van der Waals surface area contributed by atoms with Gasteiger partial charge >= 0.3 is 6.18 Å². The Bertz CT molecular complexity index is 565. The highest BCUT2D eigenvalue weighted by atomic mass is 19.4. The minimum Gasteiger partial charge on any atom is -0.398 e. The van der Waals surface area contributed by atoms with Gasteiger partial charge in [-0.2, -0.15) is 13.2 Å². The lowest BCUT2D eigenvalue weighted by molar-refractivity contribution is -0.165. The number of hydroxylamine groups is 2. The number of carbonyl (C=O) groups excluding carboxylic acids is 2. The lowest BCUT2D eigenvalue weighted by Gasteiger charge is -2.13. The van der Waals surface area contributed by atoms with Crippen LogP contribution < -0.4 is 5.73 Å². The molecule has 1 rings (SSSR count). The molecular weight excluding hydrogens is 289 g/mol. The molecule has 114 valence electrons. The summed E-state index contributed by atoms with van der Waals surface area (Å²) in [5, 5.41) is 0.987. The van der Waals surface area contributed by atoms with Gasteiger partial charge in [0.25, 0.3) is 11.7 Å². The molecule has 0 aromatic heterocycles. The van der Waals surface area contributed by atoms with E-state index in [0.717, 1.165) is 5.06 Å². The molecule has 5 nitrogen and oxygen atoms in total. The maximum absolute atomic E-state index is 12.1. The number of hydrogen-bond donors (Lipinski definition) is 1. The minimum absolute atomic E-state index is 0.198. The Morgan fingerprint density at radius 3 is 2.10 bits per heavy atom. The molecule has 0 aliphatic carbocycles. The summed E-state index contributed by atoms with van der Waals surface area (Å²) in [6.45, 7) is 0. The van der Waals surface area contributed by atoms with Crippen LogP contribution in [0.2, 0.25) is 0 Å². The van der Waals surface area contributed by atoms with Gasteiger partial charge in [0.05, 0.1) is 7.11 Å². The normalized spacial score (nSPS) is 12.1. The van der Waals surface area contributed by atoms with Gasteiger partial charge in [-0.25, -0.2) is 5.06 Å². The van der Waals surface area contributed by atoms with Gasteiger partial charge in [-0.1, -0.05) is 12.1 Å². The highest BCUT2D eigenvalue weighted by Gasteiger charge is 2.36. The Kier molecular flexibility index (Phi) is 5.09. The predicted molar refractivity (Wildman–Crippen MR) is 68.8 cm³/mol. The Morgan fingerprint density at radius 2 is 1.67 bits per heavy atom. The third-order valence-corrected chi connectivity index (χ3v) is 2.59. The molecule has 0 atom stereocenters. The van der Waals surface area contributed by atoms with Crippen LogP contribution in [0.15, 0.2) is 30.3 Å². The van der Waals surface area contributed by atoms with Crippen molar-refractivity contribution in [2.45, 2.75) is 6.18 Å².